The van der Waals surface area contributed by atoms with Crippen molar-refractivity contribution in [2.24, 2.45) is 0 Å². The summed E-state index contributed by atoms with van der Waals surface area (Å²) in [5, 5.41) is 2.88. The molecule has 1 N–H and O–H groups in total. The highest BCUT2D eigenvalue weighted by molar-refractivity contribution is 7.92. The number of sulfonamides is 1. The van der Waals surface area contributed by atoms with Crippen LogP contribution in [0.15, 0.2) is 55.1 Å². The highest BCUT2D eigenvalue weighted by Crippen LogP contribution is 2.25. The zero-order chi connectivity index (χ0) is 20.9. The summed E-state index contributed by atoms with van der Waals surface area (Å²) in [5.74, 6) is -1.02. The number of ether oxygens (including phenoxy) is 1. The van der Waals surface area contributed by atoms with Crippen LogP contribution in [0.3, 0.4) is 0 Å². The monoisotopic (exact) mass is 422 g/mol. The van der Waals surface area contributed by atoms with E-state index in [2.05, 4.69) is 16.6 Å². The van der Waals surface area contributed by atoms with Crippen LogP contribution in [0.1, 0.15) is 20.7 Å². The number of hydrogen-bond donors (Lipinski definition) is 1. The van der Waals surface area contributed by atoms with E-state index >= 15 is 0 Å². The molecule has 2 rings (SSSR count). The second kappa shape index (κ2) is 8.90. The number of halogens is 1. The summed E-state index contributed by atoms with van der Waals surface area (Å²) < 4.78 is 29.6. The number of carbonyl (C=O) groups excluding carboxylic acids is 2. The van der Waals surface area contributed by atoms with Gasteiger partial charge in [0.05, 0.1) is 41.9 Å². The Morgan fingerprint density at radius 1 is 1.18 bits per heavy atom. The Kier molecular flexibility index (Phi) is 6.82. The number of nitrogens with one attached hydrogen (secondary N) is 1. The van der Waals surface area contributed by atoms with Gasteiger partial charge >= 0.3 is 5.97 Å². The van der Waals surface area contributed by atoms with E-state index in [1.165, 1.54) is 60.0 Å². The predicted molar refractivity (Wildman–Crippen MR) is 110 cm³/mol. The molecule has 0 radical (unpaired) electrons. The van der Waals surface area contributed by atoms with Gasteiger partial charge in [0.15, 0.2) is 0 Å². The molecule has 7 nitrogen and oxygen atoms in total. The average Bonchev–Trinajstić information content (AvgIpc) is 2.66. The molecule has 2 aromatic carbocycles. The Labute approximate surface area is 168 Å². The lowest BCUT2D eigenvalue weighted by Crippen LogP contribution is -2.29. The highest BCUT2D eigenvalue weighted by Gasteiger charge is 2.17. The van der Waals surface area contributed by atoms with E-state index in [1.807, 2.05) is 0 Å². The van der Waals surface area contributed by atoms with Crippen molar-refractivity contribution in [3.05, 3.63) is 71.3 Å². The van der Waals surface area contributed by atoms with Gasteiger partial charge in [-0.25, -0.2) is 13.2 Å². The van der Waals surface area contributed by atoms with Crippen LogP contribution < -0.4 is 9.62 Å². The van der Waals surface area contributed by atoms with Gasteiger partial charge in [0.2, 0.25) is 10.0 Å². The number of amides is 1. The third-order valence-electron chi connectivity index (χ3n) is 3.75. The van der Waals surface area contributed by atoms with Crippen LogP contribution >= 0.6 is 11.6 Å². The molecule has 0 aliphatic rings. The summed E-state index contributed by atoms with van der Waals surface area (Å²) in [5.41, 5.74) is 1.19. The lowest BCUT2D eigenvalue weighted by Gasteiger charge is -2.20. The van der Waals surface area contributed by atoms with Crippen molar-refractivity contribution in [3.8, 4) is 0 Å². The minimum atomic E-state index is -3.48. The van der Waals surface area contributed by atoms with Crippen LogP contribution in [0.4, 0.5) is 11.4 Å². The maximum Gasteiger partial charge on any atom is 0.337 e. The molecule has 0 saturated heterocycles. The maximum atomic E-state index is 12.5. The number of carbonyl (C=O) groups is 2. The van der Waals surface area contributed by atoms with Crippen molar-refractivity contribution >= 4 is 44.9 Å². The Hall–Kier alpha value is -2.84. The molecule has 0 aliphatic heterocycles. The number of anilines is 2. The molecular formula is C19H19ClN2O5S. The van der Waals surface area contributed by atoms with E-state index in [0.29, 0.717) is 5.69 Å². The molecule has 0 aromatic heterocycles. The SMILES string of the molecule is C=CCN(c1ccc(C(=O)Nc2cc(C(=O)OC)ccc2Cl)cc1)S(C)(=O)=O. The molecule has 1 amide bonds. The van der Waals surface area contributed by atoms with E-state index in [9.17, 15) is 18.0 Å². The first-order valence-electron chi connectivity index (χ1n) is 8.05. The fraction of sp³-hybridized carbons (Fsp3) is 0.158. The van der Waals surface area contributed by atoms with Gasteiger partial charge in [-0.2, -0.15) is 0 Å². The Bertz CT molecular complexity index is 1000. The van der Waals surface area contributed by atoms with Gasteiger partial charge in [-0.3, -0.25) is 9.10 Å². The predicted octanol–water partition coefficient (Wildman–Crippen LogP) is 3.33. The van der Waals surface area contributed by atoms with Crippen molar-refractivity contribution in [1.29, 1.82) is 0 Å². The minimum Gasteiger partial charge on any atom is -0.465 e. The molecular weight excluding hydrogens is 404 g/mol. The van der Waals surface area contributed by atoms with Crippen molar-refractivity contribution in [1.82, 2.24) is 0 Å². The van der Waals surface area contributed by atoms with Gasteiger partial charge in [0.1, 0.15) is 0 Å². The standard InChI is InChI=1S/C19H19ClN2O5S/c1-4-11-22(28(3,25)26)15-8-5-13(6-9-15)18(23)21-17-12-14(19(24)27-2)7-10-16(17)20/h4-10,12H,1,11H2,2-3H3,(H,21,23). The van der Waals surface area contributed by atoms with Gasteiger partial charge in [0.25, 0.3) is 5.91 Å². The molecule has 0 fully saturated rings. The van der Waals surface area contributed by atoms with Gasteiger partial charge in [0, 0.05) is 5.56 Å². The first-order valence-corrected chi connectivity index (χ1v) is 10.3. The van der Waals surface area contributed by atoms with Crippen LogP contribution in [-0.4, -0.2) is 40.2 Å². The minimum absolute atomic E-state index is 0.111. The van der Waals surface area contributed by atoms with E-state index in [-0.39, 0.29) is 28.4 Å². The van der Waals surface area contributed by atoms with Gasteiger partial charge < -0.3 is 10.1 Å². The number of nitrogens with zero attached hydrogens (tertiary/aromatic N) is 1. The topological polar surface area (TPSA) is 92.8 Å². The molecule has 0 spiro atoms. The average molecular weight is 423 g/mol. The summed E-state index contributed by atoms with van der Waals surface area (Å²) in [6.07, 6.45) is 2.56. The van der Waals surface area contributed by atoms with E-state index in [0.717, 1.165) is 6.26 Å². The molecule has 148 valence electrons. The molecule has 0 aliphatic carbocycles. The molecule has 0 saturated carbocycles. The Morgan fingerprint density at radius 2 is 1.79 bits per heavy atom. The summed E-state index contributed by atoms with van der Waals surface area (Å²) in [6.45, 7) is 3.66. The fourth-order valence-electron chi connectivity index (χ4n) is 2.39. The van der Waals surface area contributed by atoms with Crippen molar-refractivity contribution < 1.29 is 22.7 Å². The quantitative estimate of drug-likeness (QED) is 0.545. The molecule has 0 unspecified atom stereocenters. The number of hydrogen-bond acceptors (Lipinski definition) is 5. The second-order valence-corrected chi connectivity index (χ2v) is 8.08. The van der Waals surface area contributed by atoms with E-state index in [1.54, 1.807) is 0 Å². The molecule has 0 atom stereocenters. The van der Waals surface area contributed by atoms with Crippen molar-refractivity contribution in [3.63, 3.8) is 0 Å². The molecule has 0 heterocycles. The normalized spacial score (nSPS) is 10.8. The maximum absolute atomic E-state index is 12.5. The van der Waals surface area contributed by atoms with Crippen LogP contribution in [0.2, 0.25) is 5.02 Å². The summed E-state index contributed by atoms with van der Waals surface area (Å²) in [4.78, 5) is 24.1. The highest BCUT2D eigenvalue weighted by atomic mass is 35.5. The zero-order valence-corrected chi connectivity index (χ0v) is 16.9. The largest absolute Gasteiger partial charge is 0.465 e. The van der Waals surface area contributed by atoms with E-state index in [4.69, 9.17) is 11.6 Å². The van der Waals surface area contributed by atoms with E-state index < -0.39 is 21.9 Å². The third kappa shape index (κ3) is 5.11. The lowest BCUT2D eigenvalue weighted by molar-refractivity contribution is 0.0600. The van der Waals surface area contributed by atoms with Gasteiger partial charge in [-0.1, -0.05) is 17.7 Å². The molecule has 0 bridgehead atoms. The van der Waals surface area contributed by atoms with Crippen LogP contribution in [0.5, 0.6) is 0 Å². The second-order valence-electron chi connectivity index (χ2n) is 5.77. The Morgan fingerprint density at radius 3 is 2.32 bits per heavy atom. The number of rotatable bonds is 7. The summed E-state index contributed by atoms with van der Waals surface area (Å²) >= 11 is 6.08. The number of methoxy groups -OCH3 is 1. The first-order chi connectivity index (χ1) is 13.2. The fourth-order valence-corrected chi connectivity index (χ4v) is 3.43. The lowest BCUT2D eigenvalue weighted by atomic mass is 10.1. The number of benzene rings is 2. The van der Waals surface area contributed by atoms with Crippen LogP contribution in [0.25, 0.3) is 0 Å². The molecule has 28 heavy (non-hydrogen) atoms. The summed E-state index contributed by atoms with van der Waals surface area (Å²) in [6, 6.07) is 10.4. The van der Waals surface area contributed by atoms with Crippen LogP contribution in [-0.2, 0) is 14.8 Å². The van der Waals surface area contributed by atoms with Crippen molar-refractivity contribution in [2.75, 3.05) is 29.5 Å². The first kappa shape index (κ1) is 21.5. The van der Waals surface area contributed by atoms with Crippen LogP contribution in [0, 0.1) is 0 Å². The molecule has 2 aromatic rings. The van der Waals surface area contributed by atoms with Crippen molar-refractivity contribution in [2.45, 2.75) is 0 Å². The summed E-state index contributed by atoms with van der Waals surface area (Å²) in [7, 11) is -2.23. The van der Waals surface area contributed by atoms with Gasteiger partial charge in [-0.05, 0) is 42.5 Å². The number of esters is 1. The third-order valence-corrected chi connectivity index (χ3v) is 5.24. The molecule has 9 heteroatoms. The Balaban J connectivity index is 2.24. The van der Waals surface area contributed by atoms with Gasteiger partial charge in [-0.15, -0.1) is 6.58 Å². The smallest absolute Gasteiger partial charge is 0.337 e. The zero-order valence-electron chi connectivity index (χ0n) is 15.3.